The second-order valence-electron chi connectivity index (χ2n) is 4.73. The zero-order valence-electron chi connectivity index (χ0n) is 11.8. The lowest BCUT2D eigenvalue weighted by molar-refractivity contribution is -0.111. The van der Waals surface area contributed by atoms with Crippen molar-refractivity contribution in [2.75, 3.05) is 5.32 Å². The molecule has 4 nitrogen and oxygen atoms in total. The van der Waals surface area contributed by atoms with E-state index in [4.69, 9.17) is 5.11 Å². The van der Waals surface area contributed by atoms with E-state index in [9.17, 15) is 9.59 Å². The minimum atomic E-state index is -1.10. The standard InChI is InChI=1S/C17H14BrNO3/c1-11-2-4-12(5-3-11)6-9-16(20)19-15-8-7-13(18)10-14(15)17(21)22/h2-10H,1H3,(H,19,20)(H,21,22)/b9-6+. The largest absolute Gasteiger partial charge is 0.478 e. The van der Waals surface area contributed by atoms with Crippen molar-refractivity contribution >= 4 is 39.6 Å². The van der Waals surface area contributed by atoms with Crippen LogP contribution in [0.25, 0.3) is 6.08 Å². The number of carboxylic acids is 1. The molecule has 0 fully saturated rings. The Balaban J connectivity index is 2.12. The summed E-state index contributed by atoms with van der Waals surface area (Å²) >= 11 is 3.21. The zero-order valence-corrected chi connectivity index (χ0v) is 13.4. The number of aromatic carboxylic acids is 1. The minimum absolute atomic E-state index is 0.0338. The van der Waals surface area contributed by atoms with Gasteiger partial charge in [-0.3, -0.25) is 4.79 Å². The van der Waals surface area contributed by atoms with E-state index in [1.807, 2.05) is 31.2 Å². The van der Waals surface area contributed by atoms with Crippen LogP contribution in [-0.2, 0) is 4.79 Å². The predicted molar refractivity (Wildman–Crippen MR) is 89.9 cm³/mol. The van der Waals surface area contributed by atoms with Gasteiger partial charge in [0.25, 0.3) is 0 Å². The average molecular weight is 360 g/mol. The van der Waals surface area contributed by atoms with E-state index in [2.05, 4.69) is 21.2 Å². The molecule has 2 aromatic carbocycles. The Morgan fingerprint density at radius 1 is 1.14 bits per heavy atom. The van der Waals surface area contributed by atoms with Crippen molar-refractivity contribution in [3.8, 4) is 0 Å². The second-order valence-corrected chi connectivity index (χ2v) is 5.64. The summed E-state index contributed by atoms with van der Waals surface area (Å²) in [4.78, 5) is 23.1. The Morgan fingerprint density at radius 2 is 1.82 bits per heavy atom. The number of anilines is 1. The molecular formula is C17H14BrNO3. The van der Waals surface area contributed by atoms with Crippen molar-refractivity contribution in [1.29, 1.82) is 0 Å². The molecule has 0 bridgehead atoms. The molecule has 0 aliphatic carbocycles. The fourth-order valence-corrected chi connectivity index (χ4v) is 2.19. The van der Waals surface area contributed by atoms with Gasteiger partial charge in [-0.2, -0.15) is 0 Å². The van der Waals surface area contributed by atoms with Gasteiger partial charge in [-0.05, 0) is 36.8 Å². The van der Waals surface area contributed by atoms with Crippen LogP contribution in [0.1, 0.15) is 21.5 Å². The van der Waals surface area contributed by atoms with Gasteiger partial charge in [-0.1, -0.05) is 45.8 Å². The highest BCUT2D eigenvalue weighted by Gasteiger charge is 2.11. The Kier molecular flexibility index (Phi) is 5.12. The molecule has 0 saturated heterocycles. The fraction of sp³-hybridized carbons (Fsp3) is 0.0588. The Hall–Kier alpha value is -2.40. The smallest absolute Gasteiger partial charge is 0.337 e. The van der Waals surface area contributed by atoms with Crippen molar-refractivity contribution in [2.45, 2.75) is 6.92 Å². The Labute approximate surface area is 136 Å². The van der Waals surface area contributed by atoms with Gasteiger partial charge in [0.15, 0.2) is 0 Å². The van der Waals surface area contributed by atoms with Crippen LogP contribution in [-0.4, -0.2) is 17.0 Å². The number of hydrogen-bond donors (Lipinski definition) is 2. The number of carboxylic acid groups (broad SMARTS) is 1. The van der Waals surface area contributed by atoms with Gasteiger partial charge in [0.2, 0.25) is 5.91 Å². The van der Waals surface area contributed by atoms with Crippen molar-refractivity contribution in [2.24, 2.45) is 0 Å². The van der Waals surface area contributed by atoms with E-state index in [1.165, 1.54) is 12.1 Å². The first kappa shape index (κ1) is 16.0. The number of amides is 1. The molecule has 0 radical (unpaired) electrons. The summed E-state index contributed by atoms with van der Waals surface area (Å²) in [7, 11) is 0. The number of halogens is 1. The maximum Gasteiger partial charge on any atom is 0.337 e. The maximum atomic E-state index is 11.9. The first-order chi connectivity index (χ1) is 10.5. The molecule has 0 saturated carbocycles. The number of aryl methyl sites for hydroxylation is 1. The van der Waals surface area contributed by atoms with Gasteiger partial charge in [0.1, 0.15) is 0 Å². The topological polar surface area (TPSA) is 66.4 Å². The summed E-state index contributed by atoms with van der Waals surface area (Å²) in [6.45, 7) is 1.99. The van der Waals surface area contributed by atoms with E-state index in [-0.39, 0.29) is 17.2 Å². The average Bonchev–Trinajstić information content (AvgIpc) is 2.48. The van der Waals surface area contributed by atoms with E-state index < -0.39 is 5.97 Å². The van der Waals surface area contributed by atoms with Gasteiger partial charge < -0.3 is 10.4 Å². The molecule has 0 aromatic heterocycles. The Bertz CT molecular complexity index is 736. The van der Waals surface area contributed by atoms with Crippen LogP contribution in [0.3, 0.4) is 0 Å². The molecule has 0 atom stereocenters. The fourth-order valence-electron chi connectivity index (χ4n) is 1.83. The second kappa shape index (κ2) is 7.04. The van der Waals surface area contributed by atoms with Crippen LogP contribution >= 0.6 is 15.9 Å². The molecule has 112 valence electrons. The lowest BCUT2D eigenvalue weighted by atomic mass is 10.1. The van der Waals surface area contributed by atoms with Crippen LogP contribution in [0, 0.1) is 6.92 Å². The lowest BCUT2D eigenvalue weighted by Crippen LogP contribution is -2.12. The predicted octanol–water partition coefficient (Wildman–Crippen LogP) is 4.11. The van der Waals surface area contributed by atoms with Crippen molar-refractivity contribution < 1.29 is 14.7 Å². The van der Waals surface area contributed by atoms with E-state index in [0.717, 1.165) is 11.1 Å². The summed E-state index contributed by atoms with van der Waals surface area (Å²) in [6, 6.07) is 12.4. The molecule has 1 amide bonds. The number of carbonyl (C=O) groups is 2. The molecule has 5 heteroatoms. The summed E-state index contributed by atoms with van der Waals surface area (Å²) < 4.78 is 0.637. The summed E-state index contributed by atoms with van der Waals surface area (Å²) in [6.07, 6.45) is 3.05. The summed E-state index contributed by atoms with van der Waals surface area (Å²) in [5.74, 6) is -1.48. The monoisotopic (exact) mass is 359 g/mol. The van der Waals surface area contributed by atoms with E-state index in [1.54, 1.807) is 18.2 Å². The third-order valence-corrected chi connectivity index (χ3v) is 3.47. The number of benzene rings is 2. The summed E-state index contributed by atoms with van der Waals surface area (Å²) in [5.41, 5.74) is 2.33. The van der Waals surface area contributed by atoms with Crippen LogP contribution in [0.2, 0.25) is 0 Å². The third-order valence-electron chi connectivity index (χ3n) is 2.97. The molecule has 0 unspecified atom stereocenters. The molecule has 0 aliphatic heterocycles. The molecule has 0 heterocycles. The van der Waals surface area contributed by atoms with Crippen LogP contribution in [0.15, 0.2) is 53.0 Å². The van der Waals surface area contributed by atoms with Gasteiger partial charge >= 0.3 is 5.97 Å². The van der Waals surface area contributed by atoms with Gasteiger partial charge in [-0.15, -0.1) is 0 Å². The van der Waals surface area contributed by atoms with Crippen molar-refractivity contribution in [1.82, 2.24) is 0 Å². The SMILES string of the molecule is Cc1ccc(/C=C/C(=O)Nc2ccc(Br)cc2C(=O)O)cc1. The molecule has 0 aliphatic rings. The maximum absolute atomic E-state index is 11.9. The van der Waals surface area contributed by atoms with E-state index >= 15 is 0 Å². The van der Waals surface area contributed by atoms with Gasteiger partial charge in [0.05, 0.1) is 11.3 Å². The molecular weight excluding hydrogens is 346 g/mol. The molecule has 22 heavy (non-hydrogen) atoms. The molecule has 2 aromatic rings. The molecule has 2 N–H and O–H groups in total. The number of nitrogens with one attached hydrogen (secondary N) is 1. The highest BCUT2D eigenvalue weighted by molar-refractivity contribution is 9.10. The normalized spacial score (nSPS) is 10.6. The van der Waals surface area contributed by atoms with Gasteiger partial charge in [0, 0.05) is 10.5 Å². The van der Waals surface area contributed by atoms with Crippen molar-refractivity contribution in [3.05, 3.63) is 69.7 Å². The Morgan fingerprint density at radius 3 is 2.45 bits per heavy atom. The van der Waals surface area contributed by atoms with Gasteiger partial charge in [-0.25, -0.2) is 4.79 Å². The lowest BCUT2D eigenvalue weighted by Gasteiger charge is -2.07. The quantitative estimate of drug-likeness (QED) is 0.807. The third kappa shape index (κ3) is 4.30. The number of rotatable bonds is 4. The van der Waals surface area contributed by atoms with Crippen LogP contribution in [0.4, 0.5) is 5.69 Å². The first-order valence-electron chi connectivity index (χ1n) is 6.54. The number of carbonyl (C=O) groups excluding carboxylic acids is 1. The molecule has 0 spiro atoms. The zero-order chi connectivity index (χ0) is 16.1. The van der Waals surface area contributed by atoms with Crippen molar-refractivity contribution in [3.63, 3.8) is 0 Å². The highest BCUT2D eigenvalue weighted by Crippen LogP contribution is 2.21. The first-order valence-corrected chi connectivity index (χ1v) is 7.33. The summed E-state index contributed by atoms with van der Waals surface area (Å²) in [5, 5.41) is 11.7. The van der Waals surface area contributed by atoms with Crippen LogP contribution < -0.4 is 5.32 Å². The molecule has 2 rings (SSSR count). The minimum Gasteiger partial charge on any atom is -0.478 e. The van der Waals surface area contributed by atoms with E-state index in [0.29, 0.717) is 4.47 Å². The number of hydrogen-bond acceptors (Lipinski definition) is 2. The highest BCUT2D eigenvalue weighted by atomic mass is 79.9. The van der Waals surface area contributed by atoms with Crippen LogP contribution in [0.5, 0.6) is 0 Å².